The molecule has 0 radical (unpaired) electrons. The van der Waals surface area contributed by atoms with Crippen molar-refractivity contribution in [3.05, 3.63) is 53.6 Å². The second kappa shape index (κ2) is 3.91. The third-order valence-corrected chi connectivity index (χ3v) is 3.46. The highest BCUT2D eigenvalue weighted by Crippen LogP contribution is 2.25. The fraction of sp³-hybridized carbons (Fsp3) is 0.125. The molecule has 88 valence electrons. The SMILES string of the molecule is C=Cc1cc2nc3ccccc3nc2c(C)c1C. The van der Waals surface area contributed by atoms with Gasteiger partial charge in [-0.15, -0.1) is 0 Å². The maximum Gasteiger partial charge on any atom is 0.0926 e. The number of fused-ring (bicyclic) bond motifs is 2. The summed E-state index contributed by atoms with van der Waals surface area (Å²) in [4.78, 5) is 9.39. The minimum atomic E-state index is 0.934. The summed E-state index contributed by atoms with van der Waals surface area (Å²) in [5.41, 5.74) is 7.33. The summed E-state index contributed by atoms with van der Waals surface area (Å²) in [6, 6.07) is 10.0. The monoisotopic (exact) mass is 234 g/mol. The highest BCUT2D eigenvalue weighted by molar-refractivity contribution is 5.90. The molecule has 0 amide bonds. The van der Waals surface area contributed by atoms with E-state index in [-0.39, 0.29) is 0 Å². The molecule has 2 heteroatoms. The fourth-order valence-electron chi connectivity index (χ4n) is 2.25. The van der Waals surface area contributed by atoms with Crippen LogP contribution in [0.15, 0.2) is 36.9 Å². The molecule has 0 spiro atoms. The normalized spacial score (nSPS) is 11.0. The molecule has 2 nitrogen and oxygen atoms in total. The Labute approximate surface area is 106 Å². The second-order valence-corrected chi connectivity index (χ2v) is 4.50. The number of aryl methyl sites for hydroxylation is 1. The standard InChI is InChI=1S/C16H14N2/c1-4-12-9-15-16(11(3)10(12)2)18-14-8-6-5-7-13(14)17-15/h4-9H,1H2,2-3H3. The van der Waals surface area contributed by atoms with E-state index in [4.69, 9.17) is 4.98 Å². The van der Waals surface area contributed by atoms with E-state index in [1.165, 1.54) is 11.1 Å². The van der Waals surface area contributed by atoms with Gasteiger partial charge in [-0.05, 0) is 48.7 Å². The van der Waals surface area contributed by atoms with Crippen LogP contribution in [0.3, 0.4) is 0 Å². The van der Waals surface area contributed by atoms with Gasteiger partial charge in [0.15, 0.2) is 0 Å². The predicted octanol–water partition coefficient (Wildman–Crippen LogP) is 4.04. The van der Waals surface area contributed by atoms with Gasteiger partial charge in [0.2, 0.25) is 0 Å². The summed E-state index contributed by atoms with van der Waals surface area (Å²) < 4.78 is 0. The van der Waals surface area contributed by atoms with Crippen LogP contribution in [0.1, 0.15) is 16.7 Å². The Bertz CT molecular complexity index is 773. The minimum absolute atomic E-state index is 0.934. The molecule has 0 aliphatic rings. The Balaban J connectivity index is 2.50. The molecule has 3 aromatic rings. The molecular formula is C16H14N2. The van der Waals surface area contributed by atoms with Crippen LogP contribution in [0.25, 0.3) is 28.1 Å². The van der Waals surface area contributed by atoms with E-state index in [1.807, 2.05) is 30.3 Å². The van der Waals surface area contributed by atoms with Crippen molar-refractivity contribution in [3.63, 3.8) is 0 Å². The molecule has 0 saturated carbocycles. The summed E-state index contributed by atoms with van der Waals surface area (Å²) in [7, 11) is 0. The topological polar surface area (TPSA) is 25.8 Å². The molecular weight excluding hydrogens is 220 g/mol. The molecule has 0 aliphatic heterocycles. The van der Waals surface area contributed by atoms with Gasteiger partial charge in [-0.2, -0.15) is 0 Å². The van der Waals surface area contributed by atoms with Crippen LogP contribution in [0, 0.1) is 13.8 Å². The lowest BCUT2D eigenvalue weighted by Crippen LogP contribution is -1.94. The van der Waals surface area contributed by atoms with Gasteiger partial charge in [0.1, 0.15) is 0 Å². The van der Waals surface area contributed by atoms with E-state index in [0.717, 1.165) is 27.6 Å². The van der Waals surface area contributed by atoms with Crippen LogP contribution in [0.4, 0.5) is 0 Å². The van der Waals surface area contributed by atoms with E-state index in [2.05, 4.69) is 31.5 Å². The minimum Gasteiger partial charge on any atom is -0.244 e. The summed E-state index contributed by atoms with van der Waals surface area (Å²) in [6.45, 7) is 8.05. The Hall–Kier alpha value is -2.22. The van der Waals surface area contributed by atoms with Crippen LogP contribution in [0.2, 0.25) is 0 Å². The number of nitrogens with zero attached hydrogens (tertiary/aromatic N) is 2. The van der Waals surface area contributed by atoms with Crippen molar-refractivity contribution in [2.75, 3.05) is 0 Å². The Morgan fingerprint density at radius 3 is 2.28 bits per heavy atom. The third-order valence-electron chi connectivity index (χ3n) is 3.46. The van der Waals surface area contributed by atoms with Crippen molar-refractivity contribution >= 4 is 28.1 Å². The van der Waals surface area contributed by atoms with E-state index in [0.29, 0.717) is 0 Å². The van der Waals surface area contributed by atoms with Gasteiger partial charge in [-0.25, -0.2) is 9.97 Å². The van der Waals surface area contributed by atoms with Crippen molar-refractivity contribution in [1.29, 1.82) is 0 Å². The molecule has 0 aliphatic carbocycles. The molecule has 0 atom stereocenters. The number of para-hydroxylation sites is 2. The molecule has 0 bridgehead atoms. The first-order chi connectivity index (χ1) is 8.70. The number of hydrogen-bond donors (Lipinski definition) is 0. The zero-order valence-electron chi connectivity index (χ0n) is 10.6. The molecule has 0 N–H and O–H groups in total. The number of aromatic nitrogens is 2. The lowest BCUT2D eigenvalue weighted by molar-refractivity contribution is 1.30. The van der Waals surface area contributed by atoms with Crippen molar-refractivity contribution in [2.45, 2.75) is 13.8 Å². The van der Waals surface area contributed by atoms with Gasteiger partial charge in [0, 0.05) is 0 Å². The lowest BCUT2D eigenvalue weighted by Gasteiger charge is -2.09. The predicted molar refractivity (Wildman–Crippen MR) is 76.6 cm³/mol. The van der Waals surface area contributed by atoms with Crippen LogP contribution in [-0.4, -0.2) is 9.97 Å². The quantitative estimate of drug-likeness (QED) is 0.594. The first-order valence-corrected chi connectivity index (χ1v) is 6.00. The number of rotatable bonds is 1. The van der Waals surface area contributed by atoms with Gasteiger partial charge in [0.25, 0.3) is 0 Å². The average Bonchev–Trinajstić information content (AvgIpc) is 2.41. The highest BCUT2D eigenvalue weighted by atomic mass is 14.8. The van der Waals surface area contributed by atoms with Crippen LogP contribution >= 0.6 is 0 Å². The smallest absolute Gasteiger partial charge is 0.0926 e. The number of hydrogen-bond acceptors (Lipinski definition) is 2. The molecule has 18 heavy (non-hydrogen) atoms. The van der Waals surface area contributed by atoms with Crippen LogP contribution in [-0.2, 0) is 0 Å². The van der Waals surface area contributed by atoms with Gasteiger partial charge in [-0.1, -0.05) is 24.8 Å². The Morgan fingerprint density at radius 2 is 1.61 bits per heavy atom. The van der Waals surface area contributed by atoms with E-state index >= 15 is 0 Å². The van der Waals surface area contributed by atoms with Gasteiger partial charge in [0.05, 0.1) is 22.1 Å². The molecule has 1 aromatic heterocycles. The fourth-order valence-corrected chi connectivity index (χ4v) is 2.25. The zero-order valence-corrected chi connectivity index (χ0v) is 10.6. The molecule has 0 saturated heterocycles. The summed E-state index contributed by atoms with van der Waals surface area (Å²) in [5, 5.41) is 0. The summed E-state index contributed by atoms with van der Waals surface area (Å²) in [6.07, 6.45) is 1.87. The second-order valence-electron chi connectivity index (χ2n) is 4.50. The largest absolute Gasteiger partial charge is 0.244 e. The third kappa shape index (κ3) is 1.50. The van der Waals surface area contributed by atoms with Gasteiger partial charge < -0.3 is 0 Å². The van der Waals surface area contributed by atoms with Crippen molar-refractivity contribution in [3.8, 4) is 0 Å². The van der Waals surface area contributed by atoms with E-state index in [9.17, 15) is 0 Å². The molecule has 2 aromatic carbocycles. The maximum absolute atomic E-state index is 4.72. The summed E-state index contributed by atoms with van der Waals surface area (Å²) in [5.74, 6) is 0. The van der Waals surface area contributed by atoms with Crippen molar-refractivity contribution in [1.82, 2.24) is 9.97 Å². The molecule has 0 unspecified atom stereocenters. The lowest BCUT2D eigenvalue weighted by atomic mass is 10.0. The summed E-state index contributed by atoms with van der Waals surface area (Å²) >= 11 is 0. The molecule has 1 heterocycles. The first kappa shape index (κ1) is 10.9. The molecule has 3 rings (SSSR count). The average molecular weight is 234 g/mol. The van der Waals surface area contributed by atoms with Gasteiger partial charge >= 0.3 is 0 Å². The van der Waals surface area contributed by atoms with E-state index in [1.54, 1.807) is 0 Å². The first-order valence-electron chi connectivity index (χ1n) is 6.00. The highest BCUT2D eigenvalue weighted by Gasteiger charge is 2.08. The van der Waals surface area contributed by atoms with E-state index < -0.39 is 0 Å². The van der Waals surface area contributed by atoms with Crippen molar-refractivity contribution in [2.24, 2.45) is 0 Å². The molecule has 0 fully saturated rings. The Kier molecular flexibility index (Phi) is 2.37. The zero-order chi connectivity index (χ0) is 12.7. The van der Waals surface area contributed by atoms with Crippen LogP contribution in [0.5, 0.6) is 0 Å². The van der Waals surface area contributed by atoms with Crippen LogP contribution < -0.4 is 0 Å². The number of benzene rings is 2. The Morgan fingerprint density at radius 1 is 0.944 bits per heavy atom. The maximum atomic E-state index is 4.72. The van der Waals surface area contributed by atoms with Crippen molar-refractivity contribution < 1.29 is 0 Å². The van der Waals surface area contributed by atoms with Gasteiger partial charge in [-0.3, -0.25) is 0 Å².